The third kappa shape index (κ3) is 3.26. The van der Waals surface area contributed by atoms with E-state index in [0.29, 0.717) is 39.4 Å². The molecular formula is C15H20FN3O2. The quantitative estimate of drug-likeness (QED) is 0.785. The van der Waals surface area contributed by atoms with E-state index in [-0.39, 0.29) is 11.8 Å². The fourth-order valence-electron chi connectivity index (χ4n) is 2.78. The number of ether oxygens (including phenoxy) is 1. The van der Waals surface area contributed by atoms with E-state index in [0.717, 1.165) is 18.8 Å². The average Bonchev–Trinajstić information content (AvgIpc) is 2.55. The van der Waals surface area contributed by atoms with Crippen molar-refractivity contribution in [3.8, 4) is 0 Å². The number of urea groups is 1. The highest BCUT2D eigenvalue weighted by atomic mass is 19.1. The molecule has 2 aliphatic heterocycles. The molecule has 0 aliphatic carbocycles. The van der Waals surface area contributed by atoms with Crippen LogP contribution in [0.3, 0.4) is 0 Å². The van der Waals surface area contributed by atoms with Crippen molar-refractivity contribution in [1.82, 2.24) is 9.80 Å². The predicted molar refractivity (Wildman–Crippen MR) is 78.0 cm³/mol. The Balaban J connectivity index is 1.56. The van der Waals surface area contributed by atoms with Crippen LogP contribution in [-0.4, -0.2) is 68.3 Å². The molecule has 2 saturated heterocycles. The van der Waals surface area contributed by atoms with Gasteiger partial charge in [0.1, 0.15) is 5.82 Å². The van der Waals surface area contributed by atoms with E-state index in [9.17, 15) is 9.18 Å². The van der Waals surface area contributed by atoms with Crippen molar-refractivity contribution in [2.24, 2.45) is 0 Å². The van der Waals surface area contributed by atoms with E-state index in [2.05, 4.69) is 4.90 Å². The van der Waals surface area contributed by atoms with Gasteiger partial charge in [0.2, 0.25) is 0 Å². The SMILES string of the molecule is O=C(N1CCOCC1)N1CCN(c2cccc(F)c2)CC1. The number of halogens is 1. The zero-order valence-corrected chi connectivity index (χ0v) is 12.0. The summed E-state index contributed by atoms with van der Waals surface area (Å²) in [5.74, 6) is -0.223. The lowest BCUT2D eigenvalue weighted by molar-refractivity contribution is 0.0428. The van der Waals surface area contributed by atoms with Gasteiger partial charge in [0.25, 0.3) is 0 Å². The number of hydrogen-bond donors (Lipinski definition) is 0. The summed E-state index contributed by atoms with van der Waals surface area (Å²) in [6.45, 7) is 5.40. The summed E-state index contributed by atoms with van der Waals surface area (Å²) in [5, 5.41) is 0. The average molecular weight is 293 g/mol. The van der Waals surface area contributed by atoms with Crippen LogP contribution in [0, 0.1) is 5.82 Å². The molecule has 1 aromatic carbocycles. The topological polar surface area (TPSA) is 36.0 Å². The van der Waals surface area contributed by atoms with Crippen molar-refractivity contribution in [1.29, 1.82) is 0 Å². The number of nitrogens with zero attached hydrogens (tertiary/aromatic N) is 3. The lowest BCUT2D eigenvalue weighted by Gasteiger charge is -2.39. The Morgan fingerprint density at radius 3 is 2.33 bits per heavy atom. The molecule has 2 heterocycles. The molecule has 0 atom stereocenters. The largest absolute Gasteiger partial charge is 0.378 e. The van der Waals surface area contributed by atoms with Gasteiger partial charge in [-0.3, -0.25) is 0 Å². The van der Waals surface area contributed by atoms with Crippen molar-refractivity contribution in [2.45, 2.75) is 0 Å². The van der Waals surface area contributed by atoms with Crippen molar-refractivity contribution in [3.05, 3.63) is 30.1 Å². The molecule has 2 fully saturated rings. The number of morpholine rings is 1. The number of piperazine rings is 1. The second-order valence-corrected chi connectivity index (χ2v) is 5.34. The Morgan fingerprint density at radius 1 is 1.00 bits per heavy atom. The molecule has 0 radical (unpaired) electrons. The van der Waals surface area contributed by atoms with E-state index in [1.807, 2.05) is 15.9 Å². The van der Waals surface area contributed by atoms with Crippen LogP contribution in [0.1, 0.15) is 0 Å². The predicted octanol–water partition coefficient (Wildman–Crippen LogP) is 1.40. The van der Waals surface area contributed by atoms with Crippen molar-refractivity contribution in [3.63, 3.8) is 0 Å². The third-order valence-electron chi connectivity index (χ3n) is 4.01. The van der Waals surface area contributed by atoms with Crippen LogP contribution in [0.5, 0.6) is 0 Å². The highest BCUT2D eigenvalue weighted by molar-refractivity contribution is 5.75. The first-order valence-corrected chi connectivity index (χ1v) is 7.36. The number of carbonyl (C=O) groups excluding carboxylic acids is 1. The van der Waals surface area contributed by atoms with Gasteiger partial charge in [0, 0.05) is 45.0 Å². The van der Waals surface area contributed by atoms with Gasteiger partial charge in [-0.25, -0.2) is 9.18 Å². The molecule has 0 bridgehead atoms. The molecule has 0 aromatic heterocycles. The van der Waals surface area contributed by atoms with Crippen LogP contribution >= 0.6 is 0 Å². The maximum atomic E-state index is 13.3. The summed E-state index contributed by atoms with van der Waals surface area (Å²) < 4.78 is 18.5. The van der Waals surface area contributed by atoms with Crippen LogP contribution in [-0.2, 0) is 4.74 Å². The van der Waals surface area contributed by atoms with Gasteiger partial charge in [-0.1, -0.05) is 6.07 Å². The fourth-order valence-corrected chi connectivity index (χ4v) is 2.78. The summed E-state index contributed by atoms with van der Waals surface area (Å²) in [5.41, 5.74) is 0.883. The highest BCUT2D eigenvalue weighted by Crippen LogP contribution is 2.18. The first kappa shape index (κ1) is 14.1. The van der Waals surface area contributed by atoms with Crippen LogP contribution < -0.4 is 4.90 Å². The van der Waals surface area contributed by atoms with Gasteiger partial charge in [0.15, 0.2) is 0 Å². The van der Waals surface area contributed by atoms with Crippen LogP contribution in [0.4, 0.5) is 14.9 Å². The van der Waals surface area contributed by atoms with Gasteiger partial charge in [-0.05, 0) is 18.2 Å². The van der Waals surface area contributed by atoms with Gasteiger partial charge in [0.05, 0.1) is 13.2 Å². The molecule has 5 nitrogen and oxygen atoms in total. The normalized spacial score (nSPS) is 19.8. The monoisotopic (exact) mass is 293 g/mol. The number of carbonyl (C=O) groups is 1. The van der Waals surface area contributed by atoms with Crippen LogP contribution in [0.2, 0.25) is 0 Å². The second kappa shape index (κ2) is 6.30. The third-order valence-corrected chi connectivity index (χ3v) is 4.01. The summed E-state index contributed by atoms with van der Waals surface area (Å²) >= 11 is 0. The maximum Gasteiger partial charge on any atom is 0.320 e. The minimum absolute atomic E-state index is 0.0946. The number of amides is 2. The Hall–Kier alpha value is -1.82. The zero-order valence-electron chi connectivity index (χ0n) is 12.0. The smallest absolute Gasteiger partial charge is 0.320 e. The molecular weight excluding hydrogens is 273 g/mol. The van der Waals surface area contributed by atoms with Crippen molar-refractivity contribution >= 4 is 11.7 Å². The minimum Gasteiger partial charge on any atom is -0.378 e. The molecule has 21 heavy (non-hydrogen) atoms. The molecule has 114 valence electrons. The first-order valence-electron chi connectivity index (χ1n) is 7.36. The number of benzene rings is 1. The number of hydrogen-bond acceptors (Lipinski definition) is 3. The molecule has 2 amide bonds. The molecule has 0 N–H and O–H groups in total. The van der Waals surface area contributed by atoms with E-state index >= 15 is 0 Å². The van der Waals surface area contributed by atoms with Gasteiger partial charge < -0.3 is 19.4 Å². The standard InChI is InChI=1S/C15H20FN3O2/c16-13-2-1-3-14(12-13)17-4-6-18(7-5-17)15(20)19-8-10-21-11-9-19/h1-3,12H,4-11H2. The van der Waals surface area contributed by atoms with Crippen molar-refractivity contribution in [2.75, 3.05) is 57.4 Å². The van der Waals surface area contributed by atoms with Crippen LogP contribution in [0.15, 0.2) is 24.3 Å². The van der Waals surface area contributed by atoms with E-state index in [1.54, 1.807) is 12.1 Å². The van der Waals surface area contributed by atoms with Gasteiger partial charge in [-0.15, -0.1) is 0 Å². The summed E-state index contributed by atoms with van der Waals surface area (Å²) in [7, 11) is 0. The summed E-state index contributed by atoms with van der Waals surface area (Å²) in [4.78, 5) is 18.2. The Morgan fingerprint density at radius 2 is 1.67 bits per heavy atom. The van der Waals surface area contributed by atoms with E-state index in [4.69, 9.17) is 4.74 Å². The highest BCUT2D eigenvalue weighted by Gasteiger charge is 2.26. The molecule has 6 heteroatoms. The Labute approximate surface area is 123 Å². The number of rotatable bonds is 1. The molecule has 0 spiro atoms. The minimum atomic E-state index is -0.223. The van der Waals surface area contributed by atoms with E-state index < -0.39 is 0 Å². The molecule has 0 saturated carbocycles. The molecule has 0 unspecified atom stereocenters. The van der Waals surface area contributed by atoms with Gasteiger partial charge in [-0.2, -0.15) is 0 Å². The second-order valence-electron chi connectivity index (χ2n) is 5.34. The summed E-state index contributed by atoms with van der Waals surface area (Å²) in [6.07, 6.45) is 0. The van der Waals surface area contributed by atoms with Crippen LogP contribution in [0.25, 0.3) is 0 Å². The van der Waals surface area contributed by atoms with E-state index in [1.165, 1.54) is 6.07 Å². The maximum absolute atomic E-state index is 13.3. The fraction of sp³-hybridized carbons (Fsp3) is 0.533. The molecule has 1 aromatic rings. The lowest BCUT2D eigenvalue weighted by atomic mass is 10.2. The molecule has 2 aliphatic rings. The Bertz CT molecular complexity index is 497. The Kier molecular flexibility index (Phi) is 4.24. The first-order chi connectivity index (χ1) is 10.2. The van der Waals surface area contributed by atoms with Gasteiger partial charge >= 0.3 is 6.03 Å². The molecule has 3 rings (SSSR count). The summed E-state index contributed by atoms with van der Waals surface area (Å²) in [6, 6.07) is 6.71. The number of anilines is 1. The zero-order chi connectivity index (χ0) is 14.7. The lowest BCUT2D eigenvalue weighted by Crippen LogP contribution is -2.54. The van der Waals surface area contributed by atoms with Crippen molar-refractivity contribution < 1.29 is 13.9 Å².